The number of hydrogen-bond donors (Lipinski definition) is 7. The largest absolute Gasteiger partial charge is 0.504 e. The molecule has 1 saturated carbocycles. The number of carbonyl (C=O) groups excluding carboxylic acids is 1. The summed E-state index contributed by atoms with van der Waals surface area (Å²) in [7, 11) is 0. The molecule has 0 aromatic heterocycles. The highest BCUT2D eigenvalue weighted by Gasteiger charge is 2.47. The number of aliphatic hydroxyl groups is 3. The number of nitrogens with two attached hydrogens (primary N) is 2. The maximum atomic E-state index is 12.5. The molecule has 5 rings (SSSR count). The molecular weight excluding hydrogens is 596 g/mol. The van der Waals surface area contributed by atoms with Gasteiger partial charge in [0.1, 0.15) is 24.2 Å². The van der Waals surface area contributed by atoms with E-state index in [1.807, 2.05) is 25.3 Å². The SMILES string of the molecule is CCCC(O)CC(O)CC(=O)CCc1ccc(O)c(OC[NH+]2C=C3N=CC(C4(c5cccc(C(N)N)c5)CCC(CCO)C4)=C3C2)c1. The van der Waals surface area contributed by atoms with Crippen LogP contribution in [0.5, 0.6) is 11.5 Å². The van der Waals surface area contributed by atoms with Gasteiger partial charge in [-0.2, -0.15) is 0 Å². The molecule has 1 fully saturated rings. The van der Waals surface area contributed by atoms with E-state index in [2.05, 4.69) is 18.3 Å². The predicted octanol–water partition coefficient (Wildman–Crippen LogP) is 2.69. The van der Waals surface area contributed by atoms with Gasteiger partial charge < -0.3 is 36.6 Å². The zero-order valence-electron chi connectivity index (χ0n) is 27.4. The highest BCUT2D eigenvalue weighted by molar-refractivity contribution is 5.90. The van der Waals surface area contributed by atoms with E-state index in [-0.39, 0.29) is 49.5 Å². The Morgan fingerprint density at radius 3 is 2.77 bits per heavy atom. The number of hydrogen-bond acceptors (Lipinski definition) is 9. The molecule has 0 spiro atoms. The van der Waals surface area contributed by atoms with Crippen LogP contribution in [0.25, 0.3) is 0 Å². The van der Waals surface area contributed by atoms with Crippen LogP contribution in [0.4, 0.5) is 0 Å². The average molecular weight is 648 g/mol. The zero-order valence-corrected chi connectivity index (χ0v) is 27.4. The van der Waals surface area contributed by atoms with Gasteiger partial charge in [-0.15, -0.1) is 0 Å². The molecule has 5 atom stereocenters. The number of phenolic OH excluding ortho intramolecular Hbond substituents is 1. The molecule has 254 valence electrons. The molecule has 9 N–H and O–H groups in total. The van der Waals surface area contributed by atoms with Gasteiger partial charge in [-0.3, -0.25) is 14.7 Å². The van der Waals surface area contributed by atoms with Crippen LogP contribution in [-0.2, 0) is 16.6 Å². The molecule has 2 aromatic carbocycles. The summed E-state index contributed by atoms with van der Waals surface area (Å²) in [5.74, 6) is 0.726. The topological polar surface area (TPSA) is 176 Å². The smallest absolute Gasteiger partial charge is 0.227 e. The van der Waals surface area contributed by atoms with Crippen LogP contribution in [0.2, 0.25) is 0 Å². The van der Waals surface area contributed by atoms with Crippen molar-refractivity contribution in [1.82, 2.24) is 0 Å². The van der Waals surface area contributed by atoms with Gasteiger partial charge in [-0.25, -0.2) is 0 Å². The fourth-order valence-corrected chi connectivity index (χ4v) is 7.49. The third-order valence-electron chi connectivity index (χ3n) is 9.96. The van der Waals surface area contributed by atoms with E-state index in [1.165, 1.54) is 16.7 Å². The minimum atomic E-state index is -0.848. The number of phenols is 1. The summed E-state index contributed by atoms with van der Waals surface area (Å²) in [6, 6.07) is 13.4. The zero-order chi connectivity index (χ0) is 33.6. The fourth-order valence-electron chi connectivity index (χ4n) is 7.49. The maximum absolute atomic E-state index is 12.5. The molecule has 2 aliphatic heterocycles. The lowest BCUT2D eigenvalue weighted by Gasteiger charge is -2.32. The van der Waals surface area contributed by atoms with Gasteiger partial charge in [0.15, 0.2) is 11.5 Å². The number of ether oxygens (including phenoxy) is 1. The Hall–Kier alpha value is -3.38. The number of fused-ring (bicyclic) bond motifs is 1. The number of quaternary nitrogens is 1. The van der Waals surface area contributed by atoms with E-state index < -0.39 is 18.4 Å². The van der Waals surface area contributed by atoms with Crippen LogP contribution < -0.4 is 21.1 Å². The molecule has 1 aliphatic carbocycles. The highest BCUT2D eigenvalue weighted by Crippen LogP contribution is 2.52. The molecule has 2 aromatic rings. The summed E-state index contributed by atoms with van der Waals surface area (Å²) in [5, 5.41) is 40.3. The van der Waals surface area contributed by atoms with Gasteiger partial charge in [-0.05, 0) is 85.3 Å². The Kier molecular flexibility index (Phi) is 11.7. The van der Waals surface area contributed by atoms with Crippen molar-refractivity contribution < 1.29 is 34.9 Å². The molecule has 0 amide bonds. The Morgan fingerprint density at radius 2 is 2.00 bits per heavy atom. The van der Waals surface area contributed by atoms with Crippen molar-refractivity contribution in [3.63, 3.8) is 0 Å². The number of benzene rings is 2. The lowest BCUT2D eigenvalue weighted by molar-refractivity contribution is -0.855. The van der Waals surface area contributed by atoms with Crippen molar-refractivity contribution in [2.75, 3.05) is 19.9 Å². The van der Waals surface area contributed by atoms with Gasteiger partial charge in [0.05, 0.1) is 18.4 Å². The molecule has 10 nitrogen and oxygen atoms in total. The molecular formula is C37H51N4O6+. The van der Waals surface area contributed by atoms with Gasteiger partial charge in [0.2, 0.25) is 6.73 Å². The third kappa shape index (κ3) is 8.38. The van der Waals surface area contributed by atoms with Gasteiger partial charge in [0, 0.05) is 36.7 Å². The number of nitrogens with zero attached hydrogens (tertiary/aromatic N) is 1. The number of rotatable bonds is 17. The molecule has 2 heterocycles. The average Bonchev–Trinajstić information content (AvgIpc) is 3.75. The molecule has 0 radical (unpaired) electrons. The van der Waals surface area contributed by atoms with E-state index in [9.17, 15) is 25.2 Å². The van der Waals surface area contributed by atoms with Crippen molar-refractivity contribution in [3.8, 4) is 11.5 Å². The lowest BCUT2D eigenvalue weighted by Crippen LogP contribution is -3.07. The minimum Gasteiger partial charge on any atom is -0.504 e. The lowest BCUT2D eigenvalue weighted by atomic mass is 9.70. The minimum absolute atomic E-state index is 0.0187. The van der Waals surface area contributed by atoms with Crippen LogP contribution in [0.15, 0.2) is 70.5 Å². The van der Waals surface area contributed by atoms with E-state index >= 15 is 0 Å². The first-order valence-corrected chi connectivity index (χ1v) is 17.0. The number of Topliss-reactive ketones (excluding diaryl/α,β-unsaturated/α-hetero) is 1. The normalized spacial score (nSPS) is 23.3. The third-order valence-corrected chi connectivity index (χ3v) is 9.96. The Morgan fingerprint density at radius 1 is 1.17 bits per heavy atom. The standard InChI is InChI=1S/C37H50N4O6/c1-2-4-28(43)17-30(45)18-29(44)9-7-24-8-10-34(46)35(15-24)47-23-41-21-31-32(20-40-33(31)22-41)37(13-11-25(19-37)12-14-42)27-6-3-5-26(16-27)36(38)39/h3,5-6,8,10,15-16,20,22,25,28,30,36,42-43,45-46H,2,4,7,9,11-14,17-19,21,23,38-39H2,1H3/p+1. The van der Waals surface area contributed by atoms with Crippen molar-refractivity contribution in [2.45, 2.75) is 94.9 Å². The van der Waals surface area contributed by atoms with Crippen LogP contribution in [0.1, 0.15) is 87.6 Å². The Labute approximate surface area is 277 Å². The second kappa shape index (κ2) is 15.7. The number of aliphatic hydroxyl groups excluding tert-OH is 3. The van der Waals surface area contributed by atoms with Crippen molar-refractivity contribution in [1.29, 1.82) is 0 Å². The number of nitrogens with one attached hydrogen (secondary N) is 1. The van der Waals surface area contributed by atoms with E-state index in [1.54, 1.807) is 18.2 Å². The Bertz CT molecular complexity index is 1500. The first-order valence-electron chi connectivity index (χ1n) is 17.0. The summed E-state index contributed by atoms with van der Waals surface area (Å²) in [4.78, 5) is 18.4. The van der Waals surface area contributed by atoms with Crippen molar-refractivity contribution in [3.05, 3.63) is 82.2 Å². The summed E-state index contributed by atoms with van der Waals surface area (Å²) >= 11 is 0. The van der Waals surface area contributed by atoms with Crippen LogP contribution in [0, 0.1) is 5.92 Å². The van der Waals surface area contributed by atoms with Gasteiger partial charge in [0.25, 0.3) is 0 Å². The van der Waals surface area contributed by atoms with Gasteiger partial charge in [-0.1, -0.05) is 43.7 Å². The van der Waals surface area contributed by atoms with Crippen LogP contribution >= 0.6 is 0 Å². The summed E-state index contributed by atoms with van der Waals surface area (Å²) in [6.07, 6.45) is 8.11. The van der Waals surface area contributed by atoms with Crippen LogP contribution in [0.3, 0.4) is 0 Å². The van der Waals surface area contributed by atoms with Crippen molar-refractivity contribution in [2.24, 2.45) is 22.4 Å². The number of allylic oxidation sites excluding steroid dienone is 1. The number of carbonyl (C=O) groups is 1. The molecule has 47 heavy (non-hydrogen) atoms. The maximum Gasteiger partial charge on any atom is 0.227 e. The summed E-state index contributed by atoms with van der Waals surface area (Å²) in [5.41, 5.74) is 18.1. The second-order valence-corrected chi connectivity index (χ2v) is 13.5. The highest BCUT2D eigenvalue weighted by atomic mass is 16.5. The number of aliphatic imine (C=N–C) groups is 1. The van der Waals surface area contributed by atoms with E-state index in [4.69, 9.17) is 21.2 Å². The number of aromatic hydroxyl groups is 1. The Balaban J connectivity index is 1.24. The molecule has 0 saturated heterocycles. The molecule has 10 heteroatoms. The van der Waals surface area contributed by atoms with E-state index in [0.29, 0.717) is 31.1 Å². The summed E-state index contributed by atoms with van der Waals surface area (Å²) in [6.45, 7) is 3.12. The van der Waals surface area contributed by atoms with Crippen molar-refractivity contribution >= 4 is 12.0 Å². The quantitative estimate of drug-likeness (QED) is 0.128. The monoisotopic (exact) mass is 647 g/mol. The molecule has 0 bridgehead atoms. The van der Waals surface area contributed by atoms with Crippen LogP contribution in [-0.4, -0.2) is 64.5 Å². The first kappa shape index (κ1) is 34.9. The van der Waals surface area contributed by atoms with Gasteiger partial charge >= 0.3 is 0 Å². The van der Waals surface area contributed by atoms with E-state index in [0.717, 1.165) is 53.8 Å². The summed E-state index contributed by atoms with van der Waals surface area (Å²) < 4.78 is 6.11. The first-order chi connectivity index (χ1) is 22.6. The second-order valence-electron chi connectivity index (χ2n) is 13.5. The fraction of sp³-hybridized carbons (Fsp3) is 0.514. The molecule has 3 aliphatic rings. The number of aryl methyl sites for hydroxylation is 1. The molecule has 5 unspecified atom stereocenters. The predicted molar refractivity (Wildman–Crippen MR) is 181 cm³/mol. The number of ketones is 1.